The Morgan fingerprint density at radius 2 is 2.17 bits per heavy atom. The molecule has 1 heterocycles. The van der Waals surface area contributed by atoms with E-state index >= 15 is 0 Å². The lowest BCUT2D eigenvalue weighted by Gasteiger charge is -2.22. The van der Waals surface area contributed by atoms with Crippen molar-refractivity contribution < 1.29 is 9.47 Å². The number of hydrogen-bond donors (Lipinski definition) is 0. The second-order valence-electron chi connectivity index (χ2n) is 4.47. The van der Waals surface area contributed by atoms with E-state index in [1.807, 2.05) is 30.3 Å². The zero-order chi connectivity index (χ0) is 12.5. The highest BCUT2D eigenvalue weighted by molar-refractivity contribution is 5.89. The molecule has 0 N–H and O–H groups in total. The standard InChI is InChI=1S/C15H13NO2/c1-17-12-4-2-11-3-5-15-14(13(11)7-12)6-10(8-16)9-18-15/h2-5,7,10H,6,9H2,1H3. The molecule has 1 aliphatic heterocycles. The molecule has 0 bridgehead atoms. The predicted octanol–water partition coefficient (Wildman–Crippen LogP) is 2.92. The van der Waals surface area contributed by atoms with Crippen LogP contribution >= 0.6 is 0 Å². The summed E-state index contributed by atoms with van der Waals surface area (Å²) >= 11 is 0. The monoisotopic (exact) mass is 239 g/mol. The predicted molar refractivity (Wildman–Crippen MR) is 68.8 cm³/mol. The van der Waals surface area contributed by atoms with Crippen LogP contribution in [0, 0.1) is 17.2 Å². The molecule has 3 nitrogen and oxygen atoms in total. The van der Waals surface area contributed by atoms with Gasteiger partial charge in [0.2, 0.25) is 0 Å². The van der Waals surface area contributed by atoms with E-state index in [-0.39, 0.29) is 5.92 Å². The number of benzene rings is 2. The molecule has 1 unspecified atom stereocenters. The van der Waals surface area contributed by atoms with Crippen LogP contribution in [0.4, 0.5) is 0 Å². The Hall–Kier alpha value is -2.21. The van der Waals surface area contributed by atoms with Gasteiger partial charge in [-0.2, -0.15) is 5.26 Å². The van der Waals surface area contributed by atoms with Crippen molar-refractivity contribution in [1.82, 2.24) is 0 Å². The zero-order valence-electron chi connectivity index (χ0n) is 10.1. The Balaban J connectivity index is 2.20. The van der Waals surface area contributed by atoms with Crippen LogP contribution in [-0.4, -0.2) is 13.7 Å². The number of fused-ring (bicyclic) bond motifs is 3. The molecule has 0 saturated carbocycles. The summed E-state index contributed by atoms with van der Waals surface area (Å²) < 4.78 is 10.9. The molecule has 0 amide bonds. The van der Waals surface area contributed by atoms with E-state index in [1.54, 1.807) is 7.11 Å². The second kappa shape index (κ2) is 4.23. The van der Waals surface area contributed by atoms with E-state index in [1.165, 1.54) is 0 Å². The quantitative estimate of drug-likeness (QED) is 0.768. The van der Waals surface area contributed by atoms with Gasteiger partial charge in [0, 0.05) is 5.56 Å². The van der Waals surface area contributed by atoms with Gasteiger partial charge in [0.05, 0.1) is 19.1 Å². The number of rotatable bonds is 1. The van der Waals surface area contributed by atoms with E-state index in [9.17, 15) is 0 Å². The van der Waals surface area contributed by atoms with Crippen molar-refractivity contribution in [2.24, 2.45) is 5.92 Å². The van der Waals surface area contributed by atoms with Crippen LogP contribution in [0.15, 0.2) is 30.3 Å². The molecular formula is C15H13NO2. The molecule has 0 saturated heterocycles. The van der Waals surface area contributed by atoms with Crippen LogP contribution < -0.4 is 9.47 Å². The lowest BCUT2D eigenvalue weighted by atomic mass is 9.93. The number of methoxy groups -OCH3 is 1. The summed E-state index contributed by atoms with van der Waals surface area (Å²) in [5, 5.41) is 11.3. The van der Waals surface area contributed by atoms with Crippen LogP contribution in [0.5, 0.6) is 11.5 Å². The molecule has 0 fully saturated rings. The fourth-order valence-corrected chi connectivity index (χ4v) is 2.39. The molecular weight excluding hydrogens is 226 g/mol. The molecule has 0 radical (unpaired) electrons. The Kier molecular flexibility index (Phi) is 2.56. The van der Waals surface area contributed by atoms with Gasteiger partial charge in [-0.1, -0.05) is 12.1 Å². The summed E-state index contributed by atoms with van der Waals surface area (Å²) in [6.07, 6.45) is 0.746. The van der Waals surface area contributed by atoms with Crippen LogP contribution in [0.2, 0.25) is 0 Å². The summed E-state index contributed by atoms with van der Waals surface area (Å²) in [6.45, 7) is 0.485. The summed E-state index contributed by atoms with van der Waals surface area (Å²) in [7, 11) is 1.66. The van der Waals surface area contributed by atoms with Gasteiger partial charge in [0.1, 0.15) is 18.1 Å². The van der Waals surface area contributed by atoms with Crippen molar-refractivity contribution in [2.45, 2.75) is 6.42 Å². The van der Waals surface area contributed by atoms with Gasteiger partial charge in [-0.3, -0.25) is 0 Å². The maximum absolute atomic E-state index is 9.03. The van der Waals surface area contributed by atoms with E-state index < -0.39 is 0 Å². The van der Waals surface area contributed by atoms with E-state index in [0.29, 0.717) is 6.61 Å². The first kappa shape index (κ1) is 10.9. The average molecular weight is 239 g/mol. The zero-order valence-corrected chi connectivity index (χ0v) is 10.1. The lowest BCUT2D eigenvalue weighted by molar-refractivity contribution is 0.254. The van der Waals surface area contributed by atoms with E-state index in [4.69, 9.17) is 14.7 Å². The molecule has 18 heavy (non-hydrogen) atoms. The highest BCUT2D eigenvalue weighted by Crippen LogP contribution is 2.35. The topological polar surface area (TPSA) is 42.2 Å². The first-order chi connectivity index (χ1) is 8.81. The summed E-state index contributed by atoms with van der Waals surface area (Å²) in [4.78, 5) is 0. The van der Waals surface area contributed by atoms with Crippen molar-refractivity contribution in [3.8, 4) is 17.6 Å². The highest BCUT2D eigenvalue weighted by atomic mass is 16.5. The summed E-state index contributed by atoms with van der Waals surface area (Å²) in [5.41, 5.74) is 1.12. The minimum absolute atomic E-state index is 0.0608. The van der Waals surface area contributed by atoms with Gasteiger partial charge in [0.15, 0.2) is 0 Å². The molecule has 3 heteroatoms. The molecule has 2 aromatic carbocycles. The minimum atomic E-state index is -0.0608. The summed E-state index contributed by atoms with van der Waals surface area (Å²) in [6, 6.07) is 12.3. The van der Waals surface area contributed by atoms with Crippen LogP contribution in [0.3, 0.4) is 0 Å². The van der Waals surface area contributed by atoms with Crippen molar-refractivity contribution in [2.75, 3.05) is 13.7 Å². The smallest absolute Gasteiger partial charge is 0.123 e. The summed E-state index contributed by atoms with van der Waals surface area (Å²) in [5.74, 6) is 1.66. The van der Waals surface area contributed by atoms with Crippen molar-refractivity contribution in [3.05, 3.63) is 35.9 Å². The van der Waals surface area contributed by atoms with Crippen molar-refractivity contribution >= 4 is 10.8 Å². The molecule has 1 atom stereocenters. The molecule has 0 aliphatic carbocycles. The fourth-order valence-electron chi connectivity index (χ4n) is 2.39. The normalized spacial score (nSPS) is 17.7. The molecule has 90 valence electrons. The minimum Gasteiger partial charge on any atom is -0.497 e. The highest BCUT2D eigenvalue weighted by Gasteiger charge is 2.21. The lowest BCUT2D eigenvalue weighted by Crippen LogP contribution is -2.19. The Bertz CT molecular complexity index is 637. The molecule has 0 aromatic heterocycles. The number of nitriles is 1. The number of hydrogen-bond acceptors (Lipinski definition) is 3. The molecule has 0 spiro atoms. The Morgan fingerprint density at radius 1 is 1.33 bits per heavy atom. The number of nitrogens with zero attached hydrogens (tertiary/aromatic N) is 1. The molecule has 1 aliphatic rings. The van der Waals surface area contributed by atoms with Crippen LogP contribution in [0.1, 0.15) is 5.56 Å². The third-order valence-electron chi connectivity index (χ3n) is 3.37. The third-order valence-corrected chi connectivity index (χ3v) is 3.37. The maximum Gasteiger partial charge on any atom is 0.123 e. The maximum atomic E-state index is 9.03. The second-order valence-corrected chi connectivity index (χ2v) is 4.47. The van der Waals surface area contributed by atoms with Gasteiger partial charge >= 0.3 is 0 Å². The first-order valence-electron chi connectivity index (χ1n) is 5.94. The largest absolute Gasteiger partial charge is 0.497 e. The van der Waals surface area contributed by atoms with Gasteiger partial charge < -0.3 is 9.47 Å². The first-order valence-corrected chi connectivity index (χ1v) is 5.94. The van der Waals surface area contributed by atoms with Gasteiger partial charge in [0.25, 0.3) is 0 Å². The van der Waals surface area contributed by atoms with Crippen LogP contribution in [0.25, 0.3) is 10.8 Å². The van der Waals surface area contributed by atoms with Gasteiger partial charge in [-0.25, -0.2) is 0 Å². The van der Waals surface area contributed by atoms with Crippen molar-refractivity contribution in [1.29, 1.82) is 5.26 Å². The fraction of sp³-hybridized carbons (Fsp3) is 0.267. The molecule has 2 aromatic rings. The number of ether oxygens (including phenoxy) is 2. The van der Waals surface area contributed by atoms with Gasteiger partial charge in [-0.15, -0.1) is 0 Å². The molecule has 3 rings (SSSR count). The average Bonchev–Trinajstić information content (AvgIpc) is 2.45. The Morgan fingerprint density at radius 3 is 2.94 bits per heavy atom. The van der Waals surface area contributed by atoms with Crippen LogP contribution in [-0.2, 0) is 6.42 Å². The SMILES string of the molecule is COc1ccc2ccc3c(c2c1)CC(C#N)CO3. The van der Waals surface area contributed by atoms with E-state index in [0.717, 1.165) is 34.3 Å². The van der Waals surface area contributed by atoms with Gasteiger partial charge in [-0.05, 0) is 35.4 Å². The third kappa shape index (κ3) is 1.67. The Labute approximate surface area is 106 Å². The van der Waals surface area contributed by atoms with E-state index in [2.05, 4.69) is 6.07 Å². The van der Waals surface area contributed by atoms with Crippen molar-refractivity contribution in [3.63, 3.8) is 0 Å².